The molecule has 3 aliphatic rings. The Labute approximate surface area is 203 Å². The molecule has 0 amide bonds. The fourth-order valence-electron chi connectivity index (χ4n) is 5.15. The van der Waals surface area contributed by atoms with Crippen molar-refractivity contribution >= 4 is 45.6 Å². The number of guanidine groups is 1. The van der Waals surface area contributed by atoms with E-state index in [-0.39, 0.29) is 41.2 Å². The van der Waals surface area contributed by atoms with Gasteiger partial charge in [0.05, 0.1) is 11.9 Å². The average molecular weight is 563 g/mol. The fraction of sp³-hybridized carbons (Fsp3) is 0.682. The van der Waals surface area contributed by atoms with Crippen LogP contribution in [0.2, 0.25) is 0 Å². The van der Waals surface area contributed by atoms with E-state index in [9.17, 15) is 8.42 Å². The number of rotatable bonds is 6. The Hall–Kier alpha value is -0.910. The topological polar surface area (TPSA) is 83.0 Å². The molecule has 31 heavy (non-hydrogen) atoms. The van der Waals surface area contributed by atoms with Gasteiger partial charge in [-0.3, -0.25) is 4.99 Å². The van der Waals surface area contributed by atoms with Gasteiger partial charge in [0.2, 0.25) is 10.0 Å². The lowest BCUT2D eigenvalue weighted by atomic mass is 9.81. The van der Waals surface area contributed by atoms with Crippen LogP contribution in [0.1, 0.15) is 50.5 Å². The third-order valence-corrected chi connectivity index (χ3v) is 8.06. The van der Waals surface area contributed by atoms with Crippen molar-refractivity contribution in [2.24, 2.45) is 4.99 Å². The quantitative estimate of drug-likeness (QED) is 0.317. The van der Waals surface area contributed by atoms with E-state index in [1.165, 1.54) is 36.9 Å². The predicted octanol–water partition coefficient (Wildman–Crippen LogP) is 3.00. The monoisotopic (exact) mass is 562 g/mol. The Morgan fingerprint density at radius 3 is 2.71 bits per heavy atom. The van der Waals surface area contributed by atoms with Crippen LogP contribution in [-0.4, -0.2) is 59.5 Å². The molecule has 1 unspecified atom stereocenters. The lowest BCUT2D eigenvalue weighted by Gasteiger charge is -2.26. The first-order valence-electron chi connectivity index (χ1n) is 11.2. The maximum Gasteiger partial charge on any atom is 0.213 e. The van der Waals surface area contributed by atoms with Crippen LogP contribution in [0.5, 0.6) is 0 Å². The zero-order valence-electron chi connectivity index (χ0n) is 18.3. The second-order valence-electron chi connectivity index (χ2n) is 8.72. The number of hydrogen-bond donors (Lipinski definition) is 2. The van der Waals surface area contributed by atoms with E-state index in [4.69, 9.17) is 4.74 Å². The standard InChI is InChI=1S/C22H34N4O3S.HI/c1-23-21(24-13-15-30(27,28)25-16-18-8-4-7-14-29-18)26-17-22(11-5-6-12-22)19-9-2-3-10-20(19)26;/h2-3,9-10,18,25H,4-8,11-17H2,1H3,(H,23,24);1H. The van der Waals surface area contributed by atoms with E-state index in [0.717, 1.165) is 38.4 Å². The van der Waals surface area contributed by atoms with Crippen LogP contribution in [0.3, 0.4) is 0 Å². The molecule has 2 fully saturated rings. The molecule has 2 N–H and O–H groups in total. The van der Waals surface area contributed by atoms with Gasteiger partial charge in [-0.15, -0.1) is 24.0 Å². The minimum atomic E-state index is -3.36. The summed E-state index contributed by atoms with van der Waals surface area (Å²) in [4.78, 5) is 6.69. The number of halogens is 1. The number of benzene rings is 1. The molecule has 1 aromatic rings. The number of para-hydroxylation sites is 1. The Balaban J connectivity index is 0.00000272. The average Bonchev–Trinajstić information content (AvgIpc) is 3.37. The second kappa shape index (κ2) is 10.8. The zero-order chi connectivity index (χ0) is 21.0. The number of nitrogens with one attached hydrogen (secondary N) is 2. The minimum Gasteiger partial charge on any atom is -0.377 e. The molecule has 2 aliphatic heterocycles. The van der Waals surface area contributed by atoms with Crippen molar-refractivity contribution in [1.29, 1.82) is 0 Å². The minimum absolute atomic E-state index is 0. The van der Waals surface area contributed by atoms with Crippen LogP contribution < -0.4 is 14.9 Å². The van der Waals surface area contributed by atoms with Crippen molar-refractivity contribution in [1.82, 2.24) is 10.0 Å². The third-order valence-electron chi connectivity index (χ3n) is 6.71. The molecule has 1 aromatic carbocycles. The third kappa shape index (κ3) is 5.72. The Kier molecular flexibility index (Phi) is 8.62. The molecule has 4 rings (SSSR count). The predicted molar refractivity (Wildman–Crippen MR) is 136 cm³/mol. The van der Waals surface area contributed by atoms with Crippen LogP contribution in [0.15, 0.2) is 29.3 Å². The molecule has 1 spiro atoms. The summed E-state index contributed by atoms with van der Waals surface area (Å²) in [5.41, 5.74) is 2.82. The molecule has 0 aromatic heterocycles. The van der Waals surface area contributed by atoms with Gasteiger partial charge in [0.25, 0.3) is 0 Å². The van der Waals surface area contributed by atoms with Crippen molar-refractivity contribution in [3.05, 3.63) is 29.8 Å². The highest BCUT2D eigenvalue weighted by Gasteiger charge is 2.45. The van der Waals surface area contributed by atoms with Crippen molar-refractivity contribution in [3.63, 3.8) is 0 Å². The summed E-state index contributed by atoms with van der Waals surface area (Å²) >= 11 is 0. The Morgan fingerprint density at radius 1 is 1.23 bits per heavy atom. The van der Waals surface area contributed by atoms with Gasteiger partial charge in [0.15, 0.2) is 5.96 Å². The molecule has 1 aliphatic carbocycles. The van der Waals surface area contributed by atoms with Gasteiger partial charge in [-0.25, -0.2) is 13.1 Å². The number of ether oxygens (including phenoxy) is 1. The number of nitrogens with zero attached hydrogens (tertiary/aromatic N) is 2. The molecule has 174 valence electrons. The highest BCUT2D eigenvalue weighted by molar-refractivity contribution is 14.0. The molecule has 0 radical (unpaired) electrons. The van der Waals surface area contributed by atoms with Crippen LogP contribution >= 0.6 is 24.0 Å². The van der Waals surface area contributed by atoms with Gasteiger partial charge >= 0.3 is 0 Å². The molecule has 2 heterocycles. The van der Waals surface area contributed by atoms with Crippen molar-refractivity contribution in [2.45, 2.75) is 56.5 Å². The summed E-state index contributed by atoms with van der Waals surface area (Å²) in [6.45, 7) is 2.32. The van der Waals surface area contributed by atoms with Crippen molar-refractivity contribution < 1.29 is 13.2 Å². The number of fused-ring (bicyclic) bond motifs is 2. The van der Waals surface area contributed by atoms with Crippen LogP contribution in [0.4, 0.5) is 5.69 Å². The van der Waals surface area contributed by atoms with E-state index >= 15 is 0 Å². The zero-order valence-corrected chi connectivity index (χ0v) is 21.5. The first-order chi connectivity index (χ1) is 14.5. The van der Waals surface area contributed by atoms with Crippen molar-refractivity contribution in [2.75, 3.05) is 43.9 Å². The van der Waals surface area contributed by atoms with Gasteiger partial charge in [0.1, 0.15) is 0 Å². The number of hydrogen-bond acceptors (Lipinski definition) is 4. The molecule has 7 nitrogen and oxygen atoms in total. The first kappa shape index (κ1) is 24.7. The van der Waals surface area contributed by atoms with Gasteiger partial charge in [-0.05, 0) is 43.7 Å². The Bertz CT molecular complexity index is 865. The molecule has 1 saturated carbocycles. The van der Waals surface area contributed by atoms with E-state index in [2.05, 4.69) is 44.2 Å². The largest absolute Gasteiger partial charge is 0.377 e. The number of sulfonamides is 1. The molecular weight excluding hydrogens is 527 g/mol. The van der Waals surface area contributed by atoms with E-state index in [1.54, 1.807) is 7.05 Å². The second-order valence-corrected chi connectivity index (χ2v) is 10.6. The van der Waals surface area contributed by atoms with Crippen LogP contribution in [-0.2, 0) is 20.2 Å². The highest BCUT2D eigenvalue weighted by Crippen LogP contribution is 2.50. The number of aliphatic imine (C=N–C) groups is 1. The summed E-state index contributed by atoms with van der Waals surface area (Å²) in [5, 5.41) is 3.28. The molecule has 0 bridgehead atoms. The van der Waals surface area contributed by atoms with Crippen LogP contribution in [0.25, 0.3) is 0 Å². The maximum absolute atomic E-state index is 12.4. The highest BCUT2D eigenvalue weighted by atomic mass is 127. The summed E-state index contributed by atoms with van der Waals surface area (Å²) in [7, 11) is -1.60. The van der Waals surface area contributed by atoms with Crippen molar-refractivity contribution in [3.8, 4) is 0 Å². The van der Waals surface area contributed by atoms with E-state index in [0.29, 0.717) is 13.1 Å². The molecule has 1 saturated heterocycles. The lowest BCUT2D eigenvalue weighted by molar-refractivity contribution is 0.0200. The fourth-order valence-corrected chi connectivity index (χ4v) is 6.11. The van der Waals surface area contributed by atoms with E-state index < -0.39 is 10.0 Å². The Morgan fingerprint density at radius 2 is 2.00 bits per heavy atom. The van der Waals surface area contributed by atoms with E-state index in [1.807, 2.05) is 0 Å². The normalized spacial score (nSPS) is 22.9. The summed E-state index contributed by atoms with van der Waals surface area (Å²) in [6.07, 6.45) is 8.03. The van der Waals surface area contributed by atoms with Gasteiger partial charge in [0, 0.05) is 44.4 Å². The SMILES string of the molecule is CN=C(NCCS(=O)(=O)NCC1CCCCO1)N1CC2(CCCC2)c2ccccc21.I. The first-order valence-corrected chi connectivity index (χ1v) is 12.8. The summed E-state index contributed by atoms with van der Waals surface area (Å²) in [5.74, 6) is 0.761. The number of anilines is 1. The summed E-state index contributed by atoms with van der Waals surface area (Å²) in [6, 6.07) is 8.58. The lowest BCUT2D eigenvalue weighted by Crippen LogP contribution is -2.46. The smallest absolute Gasteiger partial charge is 0.213 e. The summed E-state index contributed by atoms with van der Waals surface area (Å²) < 4.78 is 33.1. The molecular formula is C22H35IN4O3S. The maximum atomic E-state index is 12.4. The van der Waals surface area contributed by atoms with Gasteiger partial charge in [-0.2, -0.15) is 0 Å². The molecule has 1 atom stereocenters. The molecule has 9 heteroatoms. The van der Waals surface area contributed by atoms with Gasteiger partial charge in [-0.1, -0.05) is 31.0 Å². The van der Waals surface area contributed by atoms with Crippen LogP contribution in [0, 0.1) is 0 Å². The van der Waals surface area contributed by atoms with Gasteiger partial charge < -0.3 is 15.0 Å².